The Morgan fingerprint density at radius 3 is 2.22 bits per heavy atom. The van der Waals surface area contributed by atoms with Gasteiger partial charge in [0.2, 0.25) is 0 Å². The molecule has 0 amide bonds. The summed E-state index contributed by atoms with van der Waals surface area (Å²) < 4.78 is 5.46. The van der Waals surface area contributed by atoms with E-state index in [1.54, 1.807) is 0 Å². The van der Waals surface area contributed by atoms with Crippen LogP contribution < -0.4 is 0 Å². The van der Waals surface area contributed by atoms with Crippen LogP contribution in [0.3, 0.4) is 0 Å². The topological polar surface area (TPSA) is 9.23 Å². The zero-order valence-corrected chi connectivity index (χ0v) is 6.55. The lowest BCUT2D eigenvalue weighted by Crippen LogP contribution is -2.28. The molecule has 1 rings (SSSR count). The van der Waals surface area contributed by atoms with Crippen molar-refractivity contribution in [2.75, 3.05) is 6.61 Å². The van der Waals surface area contributed by atoms with Crippen molar-refractivity contribution in [2.45, 2.75) is 33.3 Å². The molecule has 0 radical (unpaired) electrons. The Morgan fingerprint density at radius 2 is 1.78 bits per heavy atom. The molecule has 0 N–H and O–H groups in total. The molecule has 3 atom stereocenters. The maximum Gasteiger partial charge on any atom is 0.0549 e. The van der Waals surface area contributed by atoms with Gasteiger partial charge in [-0.05, 0) is 25.2 Å². The zero-order chi connectivity index (χ0) is 6.85. The highest BCUT2D eigenvalue weighted by atomic mass is 16.5. The van der Waals surface area contributed by atoms with Gasteiger partial charge >= 0.3 is 0 Å². The van der Waals surface area contributed by atoms with Gasteiger partial charge in [0.25, 0.3) is 0 Å². The van der Waals surface area contributed by atoms with E-state index in [2.05, 4.69) is 20.8 Å². The Hall–Kier alpha value is -0.0400. The van der Waals surface area contributed by atoms with E-state index in [4.69, 9.17) is 4.74 Å². The minimum absolute atomic E-state index is 0.496. The van der Waals surface area contributed by atoms with E-state index in [1.165, 1.54) is 6.42 Å². The molecule has 0 saturated carbocycles. The van der Waals surface area contributed by atoms with Crippen molar-refractivity contribution in [2.24, 2.45) is 11.8 Å². The highest BCUT2D eigenvalue weighted by Gasteiger charge is 2.21. The van der Waals surface area contributed by atoms with Crippen molar-refractivity contribution in [1.29, 1.82) is 0 Å². The van der Waals surface area contributed by atoms with Crippen LogP contribution in [-0.4, -0.2) is 12.7 Å². The van der Waals surface area contributed by atoms with Gasteiger partial charge in [0.05, 0.1) is 6.10 Å². The highest BCUT2D eigenvalue weighted by Crippen LogP contribution is 2.23. The van der Waals surface area contributed by atoms with Gasteiger partial charge in [-0.3, -0.25) is 0 Å². The summed E-state index contributed by atoms with van der Waals surface area (Å²) in [5.41, 5.74) is 0. The molecule has 0 aliphatic carbocycles. The number of rotatable bonds is 0. The Balaban J connectivity index is 2.35. The van der Waals surface area contributed by atoms with E-state index in [0.29, 0.717) is 6.10 Å². The molecule has 0 aromatic rings. The van der Waals surface area contributed by atoms with E-state index >= 15 is 0 Å². The van der Waals surface area contributed by atoms with E-state index in [9.17, 15) is 0 Å². The molecule has 54 valence electrons. The molecule has 0 aromatic heterocycles. The largest absolute Gasteiger partial charge is 0.378 e. The van der Waals surface area contributed by atoms with Gasteiger partial charge in [-0.25, -0.2) is 0 Å². The van der Waals surface area contributed by atoms with E-state index in [-0.39, 0.29) is 0 Å². The molecular weight excluding hydrogens is 112 g/mol. The molecule has 1 unspecified atom stereocenters. The van der Waals surface area contributed by atoms with Crippen molar-refractivity contribution in [3.05, 3.63) is 0 Å². The molecule has 0 bridgehead atoms. The van der Waals surface area contributed by atoms with Crippen molar-refractivity contribution >= 4 is 0 Å². The summed E-state index contributed by atoms with van der Waals surface area (Å²) in [6.45, 7) is 7.69. The average molecular weight is 128 g/mol. The van der Waals surface area contributed by atoms with Crippen molar-refractivity contribution < 1.29 is 4.74 Å². The fourth-order valence-corrected chi connectivity index (χ4v) is 1.30. The first kappa shape index (κ1) is 7.07. The lowest BCUT2D eigenvalue weighted by Gasteiger charge is -2.30. The Kier molecular flexibility index (Phi) is 2.12. The van der Waals surface area contributed by atoms with Gasteiger partial charge in [0.1, 0.15) is 0 Å². The molecule has 1 fully saturated rings. The summed E-state index contributed by atoms with van der Waals surface area (Å²) in [6, 6.07) is 0. The number of hydrogen-bond donors (Lipinski definition) is 0. The normalized spacial score (nSPS) is 45.0. The first-order valence-corrected chi connectivity index (χ1v) is 3.81. The predicted molar refractivity (Wildman–Crippen MR) is 38.4 cm³/mol. The lowest BCUT2D eigenvalue weighted by molar-refractivity contribution is -0.0263. The van der Waals surface area contributed by atoms with Crippen molar-refractivity contribution in [3.63, 3.8) is 0 Å². The van der Waals surface area contributed by atoms with Crippen LogP contribution in [0.4, 0.5) is 0 Å². The molecule has 1 nitrogen and oxygen atoms in total. The number of ether oxygens (including phenoxy) is 1. The lowest BCUT2D eigenvalue weighted by atomic mass is 9.89. The SMILES string of the molecule is CC1C[C@@H](C)[C@@H](C)CO1. The highest BCUT2D eigenvalue weighted by molar-refractivity contribution is 4.70. The second kappa shape index (κ2) is 2.70. The fraction of sp³-hybridized carbons (Fsp3) is 1.00. The predicted octanol–water partition coefficient (Wildman–Crippen LogP) is 2.07. The average Bonchev–Trinajstić information content (AvgIpc) is 1.80. The van der Waals surface area contributed by atoms with Crippen LogP contribution in [0.1, 0.15) is 27.2 Å². The molecular formula is C8H16O. The van der Waals surface area contributed by atoms with Gasteiger partial charge in [-0.15, -0.1) is 0 Å². The molecule has 0 aromatic carbocycles. The molecule has 9 heavy (non-hydrogen) atoms. The first-order chi connectivity index (χ1) is 4.20. The minimum Gasteiger partial charge on any atom is -0.378 e. The molecule has 1 heteroatoms. The Morgan fingerprint density at radius 1 is 1.11 bits per heavy atom. The monoisotopic (exact) mass is 128 g/mol. The summed E-state index contributed by atoms with van der Waals surface area (Å²) in [4.78, 5) is 0. The molecule has 1 aliphatic rings. The fourth-order valence-electron chi connectivity index (χ4n) is 1.30. The van der Waals surface area contributed by atoms with E-state index < -0.39 is 0 Å². The third-order valence-electron chi connectivity index (χ3n) is 2.32. The van der Waals surface area contributed by atoms with Gasteiger partial charge in [0.15, 0.2) is 0 Å². The second-order valence-corrected chi connectivity index (χ2v) is 3.33. The summed E-state index contributed by atoms with van der Waals surface area (Å²) in [5.74, 6) is 1.62. The summed E-state index contributed by atoms with van der Waals surface area (Å²) >= 11 is 0. The molecule has 1 aliphatic heterocycles. The smallest absolute Gasteiger partial charge is 0.0549 e. The Bertz CT molecular complexity index is 90.6. The van der Waals surface area contributed by atoms with Crippen molar-refractivity contribution in [1.82, 2.24) is 0 Å². The van der Waals surface area contributed by atoms with Crippen LogP contribution in [0.15, 0.2) is 0 Å². The van der Waals surface area contributed by atoms with Crippen LogP contribution in [-0.2, 0) is 4.74 Å². The van der Waals surface area contributed by atoms with Gasteiger partial charge in [-0.2, -0.15) is 0 Å². The third-order valence-corrected chi connectivity index (χ3v) is 2.32. The summed E-state index contributed by atoms with van der Waals surface area (Å²) in [7, 11) is 0. The third kappa shape index (κ3) is 1.68. The Labute approximate surface area is 57.4 Å². The number of hydrogen-bond acceptors (Lipinski definition) is 1. The molecule has 1 heterocycles. The minimum atomic E-state index is 0.496. The van der Waals surface area contributed by atoms with Crippen molar-refractivity contribution in [3.8, 4) is 0 Å². The van der Waals surface area contributed by atoms with Crippen LogP contribution in [0.25, 0.3) is 0 Å². The first-order valence-electron chi connectivity index (χ1n) is 3.81. The van der Waals surface area contributed by atoms with Crippen LogP contribution in [0.5, 0.6) is 0 Å². The maximum absolute atomic E-state index is 5.46. The maximum atomic E-state index is 5.46. The van der Waals surface area contributed by atoms with Gasteiger partial charge in [0, 0.05) is 6.61 Å². The van der Waals surface area contributed by atoms with Gasteiger partial charge < -0.3 is 4.74 Å². The van der Waals surface area contributed by atoms with Gasteiger partial charge in [-0.1, -0.05) is 13.8 Å². The second-order valence-electron chi connectivity index (χ2n) is 3.33. The van der Waals surface area contributed by atoms with Crippen LogP contribution >= 0.6 is 0 Å². The van der Waals surface area contributed by atoms with E-state index in [1.807, 2.05) is 0 Å². The zero-order valence-electron chi connectivity index (χ0n) is 6.55. The molecule has 0 spiro atoms. The van der Waals surface area contributed by atoms with E-state index in [0.717, 1.165) is 18.4 Å². The summed E-state index contributed by atoms with van der Waals surface area (Å²) in [5, 5.41) is 0. The molecule has 1 saturated heterocycles. The van der Waals surface area contributed by atoms with Crippen LogP contribution in [0.2, 0.25) is 0 Å². The van der Waals surface area contributed by atoms with Crippen LogP contribution in [0, 0.1) is 11.8 Å². The standard InChI is InChI=1S/C8H16O/c1-6-4-8(3)9-5-7(6)2/h6-8H,4-5H2,1-3H3/t6-,7+,8?/m1/s1. The quantitative estimate of drug-likeness (QED) is 0.485. The summed E-state index contributed by atoms with van der Waals surface area (Å²) in [6.07, 6.45) is 1.73.